The molecule has 1 amide bonds. The van der Waals surface area contributed by atoms with Crippen LogP contribution in [0.15, 0.2) is 48.5 Å². The Kier molecular flexibility index (Phi) is 6.82. The number of carbonyl (C=O) groups excluding carboxylic acids is 2. The Hall–Kier alpha value is -2.66. The van der Waals surface area contributed by atoms with Crippen molar-refractivity contribution in [2.24, 2.45) is 0 Å². The molecule has 0 unspecified atom stereocenters. The lowest BCUT2D eigenvalue weighted by molar-refractivity contribution is 0.0600. The van der Waals surface area contributed by atoms with Crippen LogP contribution >= 0.6 is 0 Å². The Bertz CT molecular complexity index is 827. The molecule has 0 aliphatic carbocycles. The van der Waals surface area contributed by atoms with E-state index in [-0.39, 0.29) is 11.9 Å². The monoisotopic (exact) mass is 381 g/mol. The molecule has 5 nitrogen and oxygen atoms in total. The number of amides is 1. The minimum Gasteiger partial charge on any atom is -0.465 e. The summed E-state index contributed by atoms with van der Waals surface area (Å²) in [6, 6.07) is 14.7. The highest BCUT2D eigenvalue weighted by molar-refractivity contribution is 5.96. The van der Waals surface area contributed by atoms with Gasteiger partial charge in [-0.15, -0.1) is 0 Å². The quantitative estimate of drug-likeness (QED) is 0.676. The Morgan fingerprint density at radius 1 is 1.11 bits per heavy atom. The van der Waals surface area contributed by atoms with Gasteiger partial charge >= 0.3 is 5.97 Å². The molecule has 0 spiro atoms. The standard InChI is InChI=1S/C23H27NO4/c1-24(13-5-11-21-12-6-14-28-21)22(25)19-9-3-7-17(15-19)18-8-4-10-20(16-18)23(26)27-2/h3-4,7-10,15-16,21H,5-6,11-14H2,1-2H3/t21-/m0/s1. The fourth-order valence-electron chi connectivity index (χ4n) is 3.53. The number of esters is 1. The first-order valence-electron chi connectivity index (χ1n) is 9.74. The van der Waals surface area contributed by atoms with Gasteiger partial charge in [0, 0.05) is 25.8 Å². The molecule has 28 heavy (non-hydrogen) atoms. The van der Waals surface area contributed by atoms with E-state index >= 15 is 0 Å². The second-order valence-corrected chi connectivity index (χ2v) is 7.16. The molecule has 3 rings (SSSR count). The maximum atomic E-state index is 12.8. The van der Waals surface area contributed by atoms with Crippen LogP contribution in [-0.4, -0.2) is 50.2 Å². The van der Waals surface area contributed by atoms with Gasteiger partial charge in [-0.25, -0.2) is 4.79 Å². The van der Waals surface area contributed by atoms with Gasteiger partial charge in [0.15, 0.2) is 0 Å². The highest BCUT2D eigenvalue weighted by Gasteiger charge is 2.17. The third kappa shape index (κ3) is 4.98. The summed E-state index contributed by atoms with van der Waals surface area (Å²) in [5.41, 5.74) is 2.89. The molecule has 1 heterocycles. The summed E-state index contributed by atoms with van der Waals surface area (Å²) in [5, 5.41) is 0. The molecule has 0 radical (unpaired) electrons. The van der Waals surface area contributed by atoms with Crippen LogP contribution in [0.5, 0.6) is 0 Å². The van der Waals surface area contributed by atoms with Crippen molar-refractivity contribution in [2.75, 3.05) is 27.3 Å². The zero-order valence-corrected chi connectivity index (χ0v) is 16.5. The molecule has 148 valence electrons. The van der Waals surface area contributed by atoms with Gasteiger partial charge in [0.1, 0.15) is 0 Å². The molecule has 0 aromatic heterocycles. The maximum Gasteiger partial charge on any atom is 0.337 e. The molecular weight excluding hydrogens is 354 g/mol. The van der Waals surface area contributed by atoms with E-state index in [9.17, 15) is 9.59 Å². The molecule has 1 atom stereocenters. The highest BCUT2D eigenvalue weighted by Crippen LogP contribution is 2.23. The van der Waals surface area contributed by atoms with E-state index in [0.717, 1.165) is 43.4 Å². The number of hydrogen-bond acceptors (Lipinski definition) is 4. The van der Waals surface area contributed by atoms with Crippen molar-refractivity contribution in [2.45, 2.75) is 31.8 Å². The molecule has 0 N–H and O–H groups in total. The van der Waals surface area contributed by atoms with Gasteiger partial charge in [-0.1, -0.05) is 24.3 Å². The normalized spacial score (nSPS) is 16.0. The van der Waals surface area contributed by atoms with E-state index in [1.807, 2.05) is 43.4 Å². The molecule has 1 fully saturated rings. The Morgan fingerprint density at radius 2 is 1.79 bits per heavy atom. The summed E-state index contributed by atoms with van der Waals surface area (Å²) in [4.78, 5) is 26.3. The van der Waals surface area contributed by atoms with Gasteiger partial charge in [0.25, 0.3) is 5.91 Å². The highest BCUT2D eigenvalue weighted by atomic mass is 16.5. The van der Waals surface area contributed by atoms with Crippen LogP contribution in [0.25, 0.3) is 11.1 Å². The second-order valence-electron chi connectivity index (χ2n) is 7.16. The Balaban J connectivity index is 1.66. The van der Waals surface area contributed by atoms with E-state index < -0.39 is 0 Å². The second kappa shape index (κ2) is 9.51. The van der Waals surface area contributed by atoms with E-state index in [1.165, 1.54) is 7.11 Å². The van der Waals surface area contributed by atoms with Gasteiger partial charge in [-0.05, 0) is 61.1 Å². The largest absolute Gasteiger partial charge is 0.465 e. The summed E-state index contributed by atoms with van der Waals surface area (Å²) in [6.07, 6.45) is 4.56. The molecule has 0 bridgehead atoms. The van der Waals surface area contributed by atoms with Crippen LogP contribution in [0.3, 0.4) is 0 Å². The summed E-state index contributed by atoms with van der Waals surface area (Å²) in [5.74, 6) is -0.377. The molecule has 1 saturated heterocycles. The maximum absolute atomic E-state index is 12.8. The molecule has 2 aromatic rings. The smallest absolute Gasteiger partial charge is 0.337 e. The molecule has 5 heteroatoms. The van der Waals surface area contributed by atoms with Crippen LogP contribution in [-0.2, 0) is 9.47 Å². The van der Waals surface area contributed by atoms with Gasteiger partial charge in [-0.3, -0.25) is 4.79 Å². The van der Waals surface area contributed by atoms with E-state index in [0.29, 0.717) is 23.8 Å². The van der Waals surface area contributed by atoms with E-state index in [4.69, 9.17) is 9.47 Å². The number of hydrogen-bond donors (Lipinski definition) is 0. The SMILES string of the molecule is COC(=O)c1cccc(-c2cccc(C(=O)N(C)CCC[C@H]3CCCO3)c2)c1. The zero-order chi connectivity index (χ0) is 19.9. The zero-order valence-electron chi connectivity index (χ0n) is 16.5. The van der Waals surface area contributed by atoms with Crippen LogP contribution in [0.4, 0.5) is 0 Å². The number of carbonyl (C=O) groups is 2. The first-order valence-corrected chi connectivity index (χ1v) is 9.74. The summed E-state index contributed by atoms with van der Waals surface area (Å²) < 4.78 is 10.4. The van der Waals surface area contributed by atoms with Crippen molar-refractivity contribution in [1.82, 2.24) is 4.90 Å². The number of rotatable bonds is 7. The minimum atomic E-state index is -0.375. The van der Waals surface area contributed by atoms with E-state index in [2.05, 4.69) is 0 Å². The van der Waals surface area contributed by atoms with Crippen molar-refractivity contribution in [3.8, 4) is 11.1 Å². The van der Waals surface area contributed by atoms with Gasteiger partial charge in [0.05, 0.1) is 18.8 Å². The summed E-state index contributed by atoms with van der Waals surface area (Å²) in [7, 11) is 3.20. The Morgan fingerprint density at radius 3 is 2.43 bits per heavy atom. The lowest BCUT2D eigenvalue weighted by Crippen LogP contribution is -2.28. The first-order chi connectivity index (χ1) is 13.6. The predicted octanol–water partition coefficient (Wildman–Crippen LogP) is 4.17. The van der Waals surface area contributed by atoms with Crippen molar-refractivity contribution in [3.63, 3.8) is 0 Å². The van der Waals surface area contributed by atoms with Crippen molar-refractivity contribution < 1.29 is 19.1 Å². The third-order valence-corrected chi connectivity index (χ3v) is 5.12. The van der Waals surface area contributed by atoms with Crippen LogP contribution < -0.4 is 0 Å². The van der Waals surface area contributed by atoms with Crippen LogP contribution in [0, 0.1) is 0 Å². The summed E-state index contributed by atoms with van der Waals surface area (Å²) >= 11 is 0. The number of benzene rings is 2. The van der Waals surface area contributed by atoms with Gasteiger partial charge in [0.2, 0.25) is 0 Å². The first kappa shape index (κ1) is 20.1. The van der Waals surface area contributed by atoms with E-state index in [1.54, 1.807) is 17.0 Å². The third-order valence-electron chi connectivity index (χ3n) is 5.12. The average molecular weight is 381 g/mol. The average Bonchev–Trinajstić information content (AvgIpc) is 3.26. The van der Waals surface area contributed by atoms with Crippen molar-refractivity contribution in [1.29, 1.82) is 0 Å². The molecule has 0 saturated carbocycles. The fraction of sp³-hybridized carbons (Fsp3) is 0.391. The topological polar surface area (TPSA) is 55.8 Å². The number of ether oxygens (including phenoxy) is 2. The lowest BCUT2D eigenvalue weighted by Gasteiger charge is -2.19. The number of nitrogens with zero attached hydrogens (tertiary/aromatic N) is 1. The molecule has 1 aliphatic rings. The fourth-order valence-corrected chi connectivity index (χ4v) is 3.53. The summed E-state index contributed by atoms with van der Waals surface area (Å²) in [6.45, 7) is 1.57. The van der Waals surface area contributed by atoms with Crippen molar-refractivity contribution in [3.05, 3.63) is 59.7 Å². The van der Waals surface area contributed by atoms with Crippen LogP contribution in [0.1, 0.15) is 46.4 Å². The number of methoxy groups -OCH3 is 1. The molecular formula is C23H27NO4. The van der Waals surface area contributed by atoms with Crippen molar-refractivity contribution >= 4 is 11.9 Å². The van der Waals surface area contributed by atoms with Crippen LogP contribution in [0.2, 0.25) is 0 Å². The van der Waals surface area contributed by atoms with Gasteiger partial charge < -0.3 is 14.4 Å². The molecule has 1 aliphatic heterocycles. The minimum absolute atomic E-state index is 0.00156. The Labute approximate surface area is 166 Å². The van der Waals surface area contributed by atoms with Gasteiger partial charge in [-0.2, -0.15) is 0 Å². The molecule has 2 aromatic carbocycles. The lowest BCUT2D eigenvalue weighted by atomic mass is 10.0. The predicted molar refractivity (Wildman–Crippen MR) is 108 cm³/mol.